The van der Waals surface area contributed by atoms with E-state index in [-0.39, 0.29) is 22.2 Å². The topological polar surface area (TPSA) is 85.4 Å². The summed E-state index contributed by atoms with van der Waals surface area (Å²) in [6, 6.07) is 14.0. The Morgan fingerprint density at radius 1 is 1.08 bits per heavy atom. The maximum atomic E-state index is 12.3. The van der Waals surface area contributed by atoms with Gasteiger partial charge in [-0.25, -0.2) is 0 Å². The highest BCUT2D eigenvalue weighted by Crippen LogP contribution is 2.28. The Morgan fingerprint density at radius 2 is 1.88 bits per heavy atom. The number of nitrogens with one attached hydrogen (secondary N) is 1. The van der Waals surface area contributed by atoms with E-state index in [1.54, 1.807) is 30.3 Å². The maximum absolute atomic E-state index is 12.3. The van der Waals surface area contributed by atoms with Gasteiger partial charge in [-0.05, 0) is 30.3 Å². The molecular formula is C17H10Cl2N2O4. The van der Waals surface area contributed by atoms with Crippen molar-refractivity contribution in [2.24, 2.45) is 0 Å². The Labute approximate surface area is 152 Å². The summed E-state index contributed by atoms with van der Waals surface area (Å²) in [7, 11) is 0. The zero-order valence-electron chi connectivity index (χ0n) is 12.5. The minimum atomic E-state index is -0.568. The van der Waals surface area contributed by atoms with Gasteiger partial charge in [0.1, 0.15) is 5.76 Å². The molecule has 0 radical (unpaired) electrons. The number of carbonyl (C=O) groups excluding carboxylic acids is 1. The molecule has 0 spiro atoms. The number of hydrogen-bond donors (Lipinski definition) is 1. The molecule has 0 aliphatic heterocycles. The van der Waals surface area contributed by atoms with Crippen molar-refractivity contribution in [1.29, 1.82) is 0 Å². The molecule has 8 heteroatoms. The lowest BCUT2D eigenvalue weighted by Gasteiger charge is -2.05. The Kier molecular flexibility index (Phi) is 4.74. The van der Waals surface area contributed by atoms with Crippen LogP contribution in [0.1, 0.15) is 10.6 Å². The molecule has 0 aliphatic carbocycles. The van der Waals surface area contributed by atoms with Gasteiger partial charge in [0, 0.05) is 22.7 Å². The smallest absolute Gasteiger partial charge is 0.291 e. The van der Waals surface area contributed by atoms with Gasteiger partial charge < -0.3 is 9.73 Å². The van der Waals surface area contributed by atoms with Crippen LogP contribution in [0.5, 0.6) is 0 Å². The summed E-state index contributed by atoms with van der Waals surface area (Å²) in [6.45, 7) is 0. The van der Waals surface area contributed by atoms with Crippen molar-refractivity contribution < 1.29 is 14.1 Å². The summed E-state index contributed by atoms with van der Waals surface area (Å²) < 4.78 is 5.54. The highest BCUT2D eigenvalue weighted by molar-refractivity contribution is 6.34. The van der Waals surface area contributed by atoms with Gasteiger partial charge in [0.2, 0.25) is 0 Å². The molecule has 25 heavy (non-hydrogen) atoms. The van der Waals surface area contributed by atoms with Gasteiger partial charge in [0.15, 0.2) is 5.76 Å². The number of anilines is 1. The molecule has 1 heterocycles. The molecule has 0 saturated carbocycles. The first kappa shape index (κ1) is 17.0. The van der Waals surface area contributed by atoms with Crippen molar-refractivity contribution in [3.63, 3.8) is 0 Å². The highest BCUT2D eigenvalue weighted by atomic mass is 35.5. The predicted octanol–water partition coefficient (Wildman–Crippen LogP) is 5.41. The number of rotatable bonds is 4. The van der Waals surface area contributed by atoms with E-state index in [9.17, 15) is 14.9 Å². The number of nitro benzene ring substituents is 1. The minimum absolute atomic E-state index is 0.0594. The number of benzene rings is 2. The molecule has 0 aliphatic rings. The van der Waals surface area contributed by atoms with Crippen LogP contribution in [-0.4, -0.2) is 10.8 Å². The van der Waals surface area contributed by atoms with Gasteiger partial charge in [-0.3, -0.25) is 14.9 Å². The number of hydrogen-bond acceptors (Lipinski definition) is 4. The van der Waals surface area contributed by atoms with Crippen LogP contribution in [0.3, 0.4) is 0 Å². The van der Waals surface area contributed by atoms with Crippen LogP contribution in [0.25, 0.3) is 11.3 Å². The minimum Gasteiger partial charge on any atom is -0.451 e. The molecule has 0 saturated heterocycles. The average Bonchev–Trinajstić information content (AvgIpc) is 3.06. The fourth-order valence-electron chi connectivity index (χ4n) is 2.16. The second kappa shape index (κ2) is 6.96. The Morgan fingerprint density at radius 3 is 2.56 bits per heavy atom. The van der Waals surface area contributed by atoms with Crippen LogP contribution < -0.4 is 5.32 Å². The first-order chi connectivity index (χ1) is 11.9. The van der Waals surface area contributed by atoms with Crippen LogP contribution in [0.2, 0.25) is 10.0 Å². The number of halogens is 2. The number of amides is 1. The summed E-state index contributed by atoms with van der Waals surface area (Å²) >= 11 is 11.9. The Hall–Kier alpha value is -2.83. The highest BCUT2D eigenvalue weighted by Gasteiger charge is 2.16. The molecule has 0 bridgehead atoms. The average molecular weight is 377 g/mol. The number of nitrogens with zero attached hydrogens (tertiary/aromatic N) is 1. The van der Waals surface area contributed by atoms with Crippen LogP contribution in [0.4, 0.5) is 11.4 Å². The third-order valence-corrected chi connectivity index (χ3v) is 3.90. The second-order valence-corrected chi connectivity index (χ2v) is 5.89. The van der Waals surface area contributed by atoms with E-state index in [2.05, 4.69) is 5.32 Å². The van der Waals surface area contributed by atoms with E-state index in [1.165, 1.54) is 18.2 Å². The molecule has 1 aromatic heterocycles. The number of carbonyl (C=O) groups is 1. The van der Waals surface area contributed by atoms with E-state index in [4.69, 9.17) is 27.6 Å². The predicted molar refractivity (Wildman–Crippen MR) is 95.2 cm³/mol. The summed E-state index contributed by atoms with van der Waals surface area (Å²) in [5.74, 6) is 0.0378. The van der Waals surface area contributed by atoms with Gasteiger partial charge in [-0.1, -0.05) is 35.3 Å². The van der Waals surface area contributed by atoms with Crippen molar-refractivity contribution in [1.82, 2.24) is 0 Å². The number of nitro groups is 1. The molecule has 0 unspecified atom stereocenters. The normalized spacial score (nSPS) is 10.5. The third-order valence-electron chi connectivity index (χ3n) is 3.35. The standard InChI is InChI=1S/C17H10Cl2N2O4/c18-11-3-1-2-10(8-11)15-6-7-16(25-15)17(22)20-14-5-4-12(21(23)24)9-13(14)19/h1-9H,(H,20,22). The molecule has 1 amide bonds. The monoisotopic (exact) mass is 376 g/mol. The number of non-ortho nitro benzene ring substituents is 1. The molecule has 0 atom stereocenters. The zero-order chi connectivity index (χ0) is 18.0. The van der Waals surface area contributed by atoms with Crippen molar-refractivity contribution >= 4 is 40.5 Å². The number of furan rings is 1. The molecule has 3 rings (SSSR count). The lowest BCUT2D eigenvalue weighted by Crippen LogP contribution is -2.11. The summed E-state index contributed by atoms with van der Waals surface area (Å²) in [4.78, 5) is 22.4. The summed E-state index contributed by atoms with van der Waals surface area (Å²) in [5, 5.41) is 13.9. The third kappa shape index (κ3) is 3.81. The van der Waals surface area contributed by atoms with Gasteiger partial charge in [0.05, 0.1) is 15.6 Å². The fraction of sp³-hybridized carbons (Fsp3) is 0. The lowest BCUT2D eigenvalue weighted by molar-refractivity contribution is -0.384. The van der Waals surface area contributed by atoms with E-state index >= 15 is 0 Å². The van der Waals surface area contributed by atoms with Crippen molar-refractivity contribution in [2.75, 3.05) is 5.32 Å². The van der Waals surface area contributed by atoms with Crippen molar-refractivity contribution in [2.45, 2.75) is 0 Å². The molecule has 2 aromatic carbocycles. The van der Waals surface area contributed by atoms with Crippen LogP contribution >= 0.6 is 23.2 Å². The largest absolute Gasteiger partial charge is 0.451 e. The molecule has 126 valence electrons. The van der Waals surface area contributed by atoms with E-state index in [1.807, 2.05) is 0 Å². The molecule has 3 aromatic rings. The van der Waals surface area contributed by atoms with Gasteiger partial charge >= 0.3 is 0 Å². The lowest BCUT2D eigenvalue weighted by atomic mass is 10.2. The summed E-state index contributed by atoms with van der Waals surface area (Å²) in [6.07, 6.45) is 0. The van der Waals surface area contributed by atoms with Gasteiger partial charge in [0.25, 0.3) is 11.6 Å². The van der Waals surface area contributed by atoms with Crippen LogP contribution in [0.15, 0.2) is 59.0 Å². The van der Waals surface area contributed by atoms with Gasteiger partial charge in [-0.2, -0.15) is 0 Å². The van der Waals surface area contributed by atoms with Gasteiger partial charge in [-0.15, -0.1) is 0 Å². The van der Waals surface area contributed by atoms with Crippen molar-refractivity contribution in [3.05, 3.63) is 80.5 Å². The quantitative estimate of drug-likeness (QED) is 0.486. The SMILES string of the molecule is O=C(Nc1ccc([N+](=O)[O-])cc1Cl)c1ccc(-c2cccc(Cl)c2)o1. The first-order valence-electron chi connectivity index (χ1n) is 7.05. The first-order valence-corrected chi connectivity index (χ1v) is 7.81. The van der Waals surface area contributed by atoms with E-state index in [0.29, 0.717) is 10.8 Å². The Balaban J connectivity index is 1.79. The molecular weight excluding hydrogens is 367 g/mol. The van der Waals surface area contributed by atoms with E-state index in [0.717, 1.165) is 11.6 Å². The van der Waals surface area contributed by atoms with Crippen molar-refractivity contribution in [3.8, 4) is 11.3 Å². The maximum Gasteiger partial charge on any atom is 0.291 e. The van der Waals surface area contributed by atoms with Crippen LogP contribution in [0, 0.1) is 10.1 Å². The van der Waals surface area contributed by atoms with E-state index < -0.39 is 10.8 Å². The second-order valence-electron chi connectivity index (χ2n) is 5.05. The molecule has 0 fully saturated rings. The molecule has 1 N–H and O–H groups in total. The zero-order valence-corrected chi connectivity index (χ0v) is 14.0. The molecule has 6 nitrogen and oxygen atoms in total. The Bertz CT molecular complexity index is 969. The summed E-state index contributed by atoms with van der Waals surface area (Å²) in [5.41, 5.74) is 0.821. The fourth-order valence-corrected chi connectivity index (χ4v) is 2.57. The van der Waals surface area contributed by atoms with Crippen LogP contribution in [-0.2, 0) is 0 Å².